The number of hydrogen-bond donors (Lipinski definition) is 1. The number of rotatable bonds is 8. The van der Waals surface area contributed by atoms with Gasteiger partial charge in [-0.1, -0.05) is 13.8 Å². The standard InChI is InChI=1S/C20H24N2O4/c1-4-9-25-18-7-5-14(11-19(18)24-3)20(23)22-21-12-15-6-8-17(26-15)16-10-13(16)2/h5-8,11-13,16H,4,9-10H2,1-3H3,(H,22,23)/b21-12-/t13-,16-/m1/s1. The molecule has 0 spiro atoms. The van der Waals surface area contributed by atoms with Gasteiger partial charge in [0.15, 0.2) is 11.5 Å². The highest BCUT2D eigenvalue weighted by atomic mass is 16.5. The monoisotopic (exact) mass is 356 g/mol. The lowest BCUT2D eigenvalue weighted by Gasteiger charge is -2.11. The molecule has 0 aliphatic heterocycles. The first kappa shape index (κ1) is 18.0. The van der Waals surface area contributed by atoms with Crippen LogP contribution in [0.25, 0.3) is 0 Å². The maximum Gasteiger partial charge on any atom is 0.271 e. The second kappa shape index (κ2) is 8.08. The van der Waals surface area contributed by atoms with E-state index in [9.17, 15) is 4.79 Å². The second-order valence-corrected chi connectivity index (χ2v) is 6.47. The molecule has 1 aliphatic rings. The van der Waals surface area contributed by atoms with E-state index in [4.69, 9.17) is 13.9 Å². The summed E-state index contributed by atoms with van der Waals surface area (Å²) >= 11 is 0. The molecule has 6 heteroatoms. The molecule has 3 rings (SSSR count). The van der Waals surface area contributed by atoms with Crippen molar-refractivity contribution in [3.8, 4) is 11.5 Å². The first-order chi connectivity index (χ1) is 12.6. The van der Waals surface area contributed by atoms with Crippen LogP contribution >= 0.6 is 0 Å². The van der Waals surface area contributed by atoms with E-state index in [1.165, 1.54) is 12.6 Å². The van der Waals surface area contributed by atoms with E-state index in [1.54, 1.807) is 25.3 Å². The number of benzene rings is 1. The summed E-state index contributed by atoms with van der Waals surface area (Å²) in [6, 6.07) is 8.87. The van der Waals surface area contributed by atoms with Crippen molar-refractivity contribution < 1.29 is 18.7 Å². The number of hydrazone groups is 1. The van der Waals surface area contributed by atoms with E-state index in [1.807, 2.05) is 19.1 Å². The van der Waals surface area contributed by atoms with Gasteiger partial charge in [0.1, 0.15) is 11.5 Å². The van der Waals surface area contributed by atoms with Gasteiger partial charge in [0.25, 0.3) is 5.91 Å². The number of hydrogen-bond acceptors (Lipinski definition) is 5. The van der Waals surface area contributed by atoms with Crippen LogP contribution in [0.15, 0.2) is 39.9 Å². The molecule has 6 nitrogen and oxygen atoms in total. The normalized spacial score (nSPS) is 18.7. The molecule has 0 unspecified atom stereocenters. The molecule has 1 saturated carbocycles. The predicted octanol–water partition coefficient (Wildman–Crippen LogP) is 3.96. The molecule has 1 fully saturated rings. The summed E-state index contributed by atoms with van der Waals surface area (Å²) in [6.45, 7) is 4.82. The first-order valence-electron chi connectivity index (χ1n) is 8.86. The highest BCUT2D eigenvalue weighted by molar-refractivity contribution is 5.95. The Kier molecular flexibility index (Phi) is 5.61. The molecular weight excluding hydrogens is 332 g/mol. The Balaban J connectivity index is 1.59. The molecule has 0 bridgehead atoms. The van der Waals surface area contributed by atoms with Crippen molar-refractivity contribution in [1.82, 2.24) is 5.43 Å². The topological polar surface area (TPSA) is 73.1 Å². The molecule has 1 heterocycles. The average molecular weight is 356 g/mol. The molecule has 26 heavy (non-hydrogen) atoms. The maximum absolute atomic E-state index is 12.2. The van der Waals surface area contributed by atoms with Gasteiger partial charge in [-0.05, 0) is 49.1 Å². The molecule has 1 N–H and O–H groups in total. The van der Waals surface area contributed by atoms with E-state index >= 15 is 0 Å². The van der Waals surface area contributed by atoms with E-state index in [0.29, 0.717) is 41.3 Å². The summed E-state index contributed by atoms with van der Waals surface area (Å²) in [5.41, 5.74) is 2.94. The number of nitrogens with zero attached hydrogens (tertiary/aromatic N) is 1. The lowest BCUT2D eigenvalue weighted by atomic mass is 10.2. The third-order valence-electron chi connectivity index (χ3n) is 4.37. The van der Waals surface area contributed by atoms with Gasteiger partial charge in [-0.25, -0.2) is 5.43 Å². The zero-order valence-electron chi connectivity index (χ0n) is 15.3. The zero-order valence-corrected chi connectivity index (χ0v) is 15.3. The lowest BCUT2D eigenvalue weighted by Crippen LogP contribution is -2.17. The van der Waals surface area contributed by atoms with Crippen molar-refractivity contribution in [2.75, 3.05) is 13.7 Å². The third kappa shape index (κ3) is 4.25. The number of ether oxygens (including phenoxy) is 2. The van der Waals surface area contributed by atoms with Gasteiger partial charge >= 0.3 is 0 Å². The first-order valence-corrected chi connectivity index (χ1v) is 8.86. The molecule has 1 aromatic carbocycles. The van der Waals surface area contributed by atoms with Crippen LogP contribution in [-0.2, 0) is 0 Å². The van der Waals surface area contributed by atoms with Crippen LogP contribution in [-0.4, -0.2) is 25.8 Å². The van der Waals surface area contributed by atoms with Crippen LogP contribution in [0.2, 0.25) is 0 Å². The summed E-state index contributed by atoms with van der Waals surface area (Å²) in [5, 5.41) is 3.97. The van der Waals surface area contributed by atoms with E-state index in [-0.39, 0.29) is 5.91 Å². The Hall–Kier alpha value is -2.76. The van der Waals surface area contributed by atoms with Crippen LogP contribution < -0.4 is 14.9 Å². The van der Waals surface area contributed by atoms with Crippen LogP contribution in [0.1, 0.15) is 54.5 Å². The molecule has 138 valence electrons. The summed E-state index contributed by atoms with van der Waals surface area (Å²) in [4.78, 5) is 12.2. The number of carbonyl (C=O) groups is 1. The van der Waals surface area contributed by atoms with Gasteiger partial charge in [0, 0.05) is 11.5 Å². The molecule has 1 aromatic heterocycles. The van der Waals surface area contributed by atoms with Crippen molar-refractivity contribution >= 4 is 12.1 Å². The number of methoxy groups -OCH3 is 1. The SMILES string of the molecule is CCCOc1ccc(C(=O)N/N=C\c2ccc([C@@H]3C[C@H]3C)o2)cc1OC. The largest absolute Gasteiger partial charge is 0.493 e. The van der Waals surface area contributed by atoms with Gasteiger partial charge in [-0.3, -0.25) is 4.79 Å². The molecule has 0 saturated heterocycles. The third-order valence-corrected chi connectivity index (χ3v) is 4.37. The van der Waals surface area contributed by atoms with Gasteiger partial charge < -0.3 is 13.9 Å². The molecule has 1 amide bonds. The number of carbonyl (C=O) groups excluding carboxylic acids is 1. The van der Waals surface area contributed by atoms with Gasteiger partial charge in [0.05, 0.1) is 19.9 Å². The van der Waals surface area contributed by atoms with Gasteiger partial charge in [0.2, 0.25) is 0 Å². The second-order valence-electron chi connectivity index (χ2n) is 6.47. The Morgan fingerprint density at radius 3 is 2.85 bits per heavy atom. The molecule has 2 atom stereocenters. The summed E-state index contributed by atoms with van der Waals surface area (Å²) < 4.78 is 16.6. The van der Waals surface area contributed by atoms with Crippen molar-refractivity contribution in [3.63, 3.8) is 0 Å². The Bertz CT molecular complexity index is 797. The van der Waals surface area contributed by atoms with Gasteiger partial charge in [-0.2, -0.15) is 5.10 Å². The minimum absolute atomic E-state index is 0.329. The fourth-order valence-electron chi connectivity index (χ4n) is 2.71. The van der Waals surface area contributed by atoms with Crippen molar-refractivity contribution in [1.29, 1.82) is 0 Å². The smallest absolute Gasteiger partial charge is 0.271 e. The van der Waals surface area contributed by atoms with Crippen molar-refractivity contribution in [2.24, 2.45) is 11.0 Å². The summed E-state index contributed by atoms with van der Waals surface area (Å²) in [7, 11) is 1.54. The maximum atomic E-state index is 12.2. The van der Waals surface area contributed by atoms with Crippen LogP contribution in [0.3, 0.4) is 0 Å². The molecule has 0 radical (unpaired) electrons. The highest BCUT2D eigenvalue weighted by Crippen LogP contribution is 2.47. The fraction of sp³-hybridized carbons (Fsp3) is 0.400. The summed E-state index contributed by atoms with van der Waals surface area (Å²) in [6.07, 6.45) is 3.57. The average Bonchev–Trinajstić information content (AvgIpc) is 3.20. The van der Waals surface area contributed by atoms with Crippen LogP contribution in [0, 0.1) is 5.92 Å². The quantitative estimate of drug-likeness (QED) is 0.574. The zero-order chi connectivity index (χ0) is 18.5. The number of nitrogens with one attached hydrogen (secondary N) is 1. The van der Waals surface area contributed by atoms with Crippen LogP contribution in [0.5, 0.6) is 11.5 Å². The summed E-state index contributed by atoms with van der Waals surface area (Å²) in [5.74, 6) is 3.62. The minimum atomic E-state index is -0.329. The number of amides is 1. The van der Waals surface area contributed by atoms with E-state index in [2.05, 4.69) is 17.5 Å². The fourth-order valence-corrected chi connectivity index (χ4v) is 2.71. The van der Waals surface area contributed by atoms with Crippen molar-refractivity contribution in [2.45, 2.75) is 32.6 Å². The Morgan fingerprint density at radius 1 is 1.35 bits per heavy atom. The number of furan rings is 1. The van der Waals surface area contributed by atoms with E-state index in [0.717, 1.165) is 12.2 Å². The van der Waals surface area contributed by atoms with Crippen LogP contribution in [0.4, 0.5) is 0 Å². The van der Waals surface area contributed by atoms with Crippen molar-refractivity contribution in [3.05, 3.63) is 47.4 Å². The minimum Gasteiger partial charge on any atom is -0.493 e. The predicted molar refractivity (Wildman–Crippen MR) is 99.1 cm³/mol. The molecule has 1 aliphatic carbocycles. The van der Waals surface area contributed by atoms with Gasteiger partial charge in [-0.15, -0.1) is 0 Å². The Labute approximate surface area is 153 Å². The molecule has 2 aromatic rings. The molecular formula is C20H24N2O4. The van der Waals surface area contributed by atoms with E-state index < -0.39 is 0 Å². The highest BCUT2D eigenvalue weighted by Gasteiger charge is 2.36. The Morgan fingerprint density at radius 2 is 2.15 bits per heavy atom. The lowest BCUT2D eigenvalue weighted by molar-refractivity contribution is 0.0954.